The van der Waals surface area contributed by atoms with Crippen LogP contribution >= 0.6 is 0 Å². The molecule has 1 unspecified atom stereocenters. The number of nitrogens with one attached hydrogen (secondary N) is 2. The Bertz CT molecular complexity index is 639. The van der Waals surface area contributed by atoms with Crippen molar-refractivity contribution in [1.29, 1.82) is 0 Å². The van der Waals surface area contributed by atoms with Crippen LogP contribution in [0.2, 0.25) is 0 Å². The monoisotopic (exact) mass is 329 g/mol. The first-order chi connectivity index (χ1) is 11.6. The van der Waals surface area contributed by atoms with E-state index in [0.717, 1.165) is 5.56 Å². The summed E-state index contributed by atoms with van der Waals surface area (Å²) in [4.78, 5) is 25.7. The number of nitrogens with zero attached hydrogens (tertiary/aromatic N) is 1. The molecule has 0 radical (unpaired) electrons. The van der Waals surface area contributed by atoms with E-state index in [4.69, 9.17) is 4.42 Å². The molecule has 1 heterocycles. The van der Waals surface area contributed by atoms with Gasteiger partial charge in [0.15, 0.2) is 5.76 Å². The lowest BCUT2D eigenvalue weighted by atomic mass is 10.1. The second-order valence-corrected chi connectivity index (χ2v) is 5.68. The standard InChI is InChI=1S/C18H23N3O3/c1-21(2)15(14-7-4-3-5-8-14)13-20-17(22)10-11-19-18(23)16-9-6-12-24-16/h3-9,12,15H,10-11,13H2,1-2H3,(H,19,23)(H,20,22). The lowest BCUT2D eigenvalue weighted by Gasteiger charge is -2.25. The Balaban J connectivity index is 1.74. The van der Waals surface area contributed by atoms with Crippen molar-refractivity contribution in [3.63, 3.8) is 0 Å². The Kier molecular flexibility index (Phi) is 6.57. The first-order valence-corrected chi connectivity index (χ1v) is 7.87. The predicted octanol–water partition coefficient (Wildman–Crippen LogP) is 1.82. The van der Waals surface area contributed by atoms with Crippen molar-refractivity contribution in [1.82, 2.24) is 15.5 Å². The molecule has 24 heavy (non-hydrogen) atoms. The highest BCUT2D eigenvalue weighted by Gasteiger charge is 2.15. The maximum absolute atomic E-state index is 12.0. The Morgan fingerprint density at radius 3 is 2.46 bits per heavy atom. The van der Waals surface area contributed by atoms with Crippen LogP contribution in [0.15, 0.2) is 53.1 Å². The van der Waals surface area contributed by atoms with Gasteiger partial charge in [0.25, 0.3) is 5.91 Å². The number of amides is 2. The molecule has 0 fully saturated rings. The SMILES string of the molecule is CN(C)C(CNC(=O)CCNC(=O)c1ccco1)c1ccccc1. The molecule has 0 aliphatic heterocycles. The Morgan fingerprint density at radius 2 is 1.83 bits per heavy atom. The molecule has 2 rings (SSSR count). The summed E-state index contributed by atoms with van der Waals surface area (Å²) in [6.45, 7) is 0.783. The van der Waals surface area contributed by atoms with Crippen LogP contribution in [0.4, 0.5) is 0 Å². The zero-order chi connectivity index (χ0) is 17.4. The number of carbonyl (C=O) groups is 2. The van der Waals surface area contributed by atoms with Crippen molar-refractivity contribution >= 4 is 11.8 Å². The third-order valence-corrected chi connectivity index (χ3v) is 3.68. The van der Waals surface area contributed by atoms with E-state index in [1.165, 1.54) is 6.26 Å². The van der Waals surface area contributed by atoms with Crippen molar-refractivity contribution in [2.75, 3.05) is 27.2 Å². The molecule has 2 aromatic rings. The van der Waals surface area contributed by atoms with E-state index in [1.54, 1.807) is 12.1 Å². The normalized spacial score (nSPS) is 12.0. The Morgan fingerprint density at radius 1 is 1.08 bits per heavy atom. The maximum Gasteiger partial charge on any atom is 0.286 e. The molecule has 0 spiro atoms. The quantitative estimate of drug-likeness (QED) is 0.775. The van der Waals surface area contributed by atoms with Gasteiger partial charge in [-0.25, -0.2) is 0 Å². The van der Waals surface area contributed by atoms with Gasteiger partial charge in [0.2, 0.25) is 5.91 Å². The molecular weight excluding hydrogens is 306 g/mol. The van der Waals surface area contributed by atoms with Gasteiger partial charge >= 0.3 is 0 Å². The number of benzene rings is 1. The van der Waals surface area contributed by atoms with Crippen LogP contribution < -0.4 is 10.6 Å². The highest BCUT2D eigenvalue weighted by atomic mass is 16.3. The molecule has 0 aliphatic rings. The predicted molar refractivity (Wildman–Crippen MR) is 91.5 cm³/mol. The van der Waals surface area contributed by atoms with Crippen LogP contribution in [0.5, 0.6) is 0 Å². The minimum Gasteiger partial charge on any atom is -0.459 e. The fourth-order valence-corrected chi connectivity index (χ4v) is 2.36. The third-order valence-electron chi connectivity index (χ3n) is 3.68. The van der Waals surface area contributed by atoms with Crippen LogP contribution in [0.25, 0.3) is 0 Å². The highest BCUT2D eigenvalue weighted by Crippen LogP contribution is 2.16. The lowest BCUT2D eigenvalue weighted by Crippen LogP contribution is -2.36. The van der Waals surface area contributed by atoms with Gasteiger partial charge in [0.05, 0.1) is 12.3 Å². The summed E-state index contributed by atoms with van der Waals surface area (Å²) in [5, 5.41) is 5.57. The summed E-state index contributed by atoms with van der Waals surface area (Å²) in [6.07, 6.45) is 1.66. The highest BCUT2D eigenvalue weighted by molar-refractivity contribution is 5.91. The fraction of sp³-hybridized carbons (Fsp3) is 0.333. The van der Waals surface area contributed by atoms with Crippen LogP contribution in [-0.4, -0.2) is 43.9 Å². The van der Waals surface area contributed by atoms with Gasteiger partial charge in [0, 0.05) is 19.5 Å². The molecule has 2 amide bonds. The van der Waals surface area contributed by atoms with E-state index >= 15 is 0 Å². The maximum atomic E-state index is 12.0. The topological polar surface area (TPSA) is 74.6 Å². The van der Waals surface area contributed by atoms with E-state index in [1.807, 2.05) is 44.4 Å². The number of rotatable bonds is 8. The van der Waals surface area contributed by atoms with Crippen molar-refractivity contribution in [3.8, 4) is 0 Å². The second-order valence-electron chi connectivity index (χ2n) is 5.68. The molecule has 0 aliphatic carbocycles. The van der Waals surface area contributed by atoms with E-state index in [0.29, 0.717) is 6.54 Å². The third kappa shape index (κ3) is 5.24. The molecule has 1 aromatic heterocycles. The van der Waals surface area contributed by atoms with Crippen molar-refractivity contribution in [3.05, 3.63) is 60.1 Å². The van der Waals surface area contributed by atoms with Crippen molar-refractivity contribution in [2.24, 2.45) is 0 Å². The number of likely N-dealkylation sites (N-methyl/N-ethyl adjacent to an activating group) is 1. The van der Waals surface area contributed by atoms with Crippen LogP contribution in [0.3, 0.4) is 0 Å². The number of furan rings is 1. The molecule has 0 saturated carbocycles. The molecular formula is C18H23N3O3. The summed E-state index contributed by atoms with van der Waals surface area (Å²) in [5.74, 6) is -0.173. The summed E-state index contributed by atoms with van der Waals surface area (Å²) >= 11 is 0. The fourth-order valence-electron chi connectivity index (χ4n) is 2.36. The minimum absolute atomic E-state index is 0.0995. The van der Waals surface area contributed by atoms with Gasteiger partial charge in [0.1, 0.15) is 0 Å². The van der Waals surface area contributed by atoms with Crippen LogP contribution in [0, 0.1) is 0 Å². The molecule has 1 atom stereocenters. The first-order valence-electron chi connectivity index (χ1n) is 7.87. The van der Waals surface area contributed by atoms with E-state index in [9.17, 15) is 9.59 Å². The molecule has 6 nitrogen and oxygen atoms in total. The zero-order valence-corrected chi connectivity index (χ0v) is 14.0. The van der Waals surface area contributed by atoms with Gasteiger partial charge in [-0.3, -0.25) is 9.59 Å². The molecule has 128 valence electrons. The molecule has 0 saturated heterocycles. The van der Waals surface area contributed by atoms with E-state index < -0.39 is 0 Å². The molecule has 6 heteroatoms. The average Bonchev–Trinajstić information content (AvgIpc) is 3.10. The lowest BCUT2D eigenvalue weighted by molar-refractivity contribution is -0.121. The summed E-state index contributed by atoms with van der Waals surface area (Å²) in [5.41, 5.74) is 1.15. The van der Waals surface area contributed by atoms with Crippen molar-refractivity contribution < 1.29 is 14.0 Å². The van der Waals surface area contributed by atoms with Gasteiger partial charge < -0.3 is 20.0 Å². The van der Waals surface area contributed by atoms with Crippen LogP contribution in [0.1, 0.15) is 28.6 Å². The summed E-state index contributed by atoms with van der Waals surface area (Å²) in [7, 11) is 3.96. The molecule has 2 N–H and O–H groups in total. The number of hydrogen-bond acceptors (Lipinski definition) is 4. The van der Waals surface area contributed by atoms with Gasteiger partial charge in [-0.05, 0) is 31.8 Å². The average molecular weight is 329 g/mol. The minimum atomic E-state index is -0.316. The Labute approximate surface area is 141 Å². The summed E-state index contributed by atoms with van der Waals surface area (Å²) < 4.78 is 4.99. The van der Waals surface area contributed by atoms with Gasteiger partial charge in [-0.15, -0.1) is 0 Å². The largest absolute Gasteiger partial charge is 0.459 e. The molecule has 0 bridgehead atoms. The van der Waals surface area contributed by atoms with Gasteiger partial charge in [-0.1, -0.05) is 30.3 Å². The number of hydrogen-bond donors (Lipinski definition) is 2. The summed E-state index contributed by atoms with van der Waals surface area (Å²) in [6, 6.07) is 13.4. The molecule has 1 aromatic carbocycles. The first kappa shape index (κ1) is 17.7. The van der Waals surface area contributed by atoms with E-state index in [2.05, 4.69) is 15.5 Å². The smallest absolute Gasteiger partial charge is 0.286 e. The van der Waals surface area contributed by atoms with Gasteiger partial charge in [-0.2, -0.15) is 0 Å². The van der Waals surface area contributed by atoms with Crippen molar-refractivity contribution in [2.45, 2.75) is 12.5 Å². The second kappa shape index (κ2) is 8.88. The Hall–Kier alpha value is -2.60. The zero-order valence-electron chi connectivity index (χ0n) is 14.0. The number of carbonyl (C=O) groups excluding carboxylic acids is 2. The van der Waals surface area contributed by atoms with E-state index in [-0.39, 0.29) is 36.6 Å². The van der Waals surface area contributed by atoms with Crippen LogP contribution in [-0.2, 0) is 4.79 Å².